The van der Waals surface area contributed by atoms with Gasteiger partial charge in [-0.2, -0.15) is 0 Å². The minimum absolute atomic E-state index is 0.682. The van der Waals surface area contributed by atoms with Gasteiger partial charge in [-0.15, -0.1) is 0 Å². The maximum absolute atomic E-state index is 5.71. The summed E-state index contributed by atoms with van der Waals surface area (Å²) >= 11 is 0. The standard InChI is InChI=1S/C14H13N3O/c1-10-12(8-17-14-9-15-6-7-16-14)11-4-2-3-5-13(11)18-10/h2-7,9H,8H2,1H3,(H,16,17). The van der Waals surface area contributed by atoms with Crippen molar-refractivity contribution in [2.45, 2.75) is 13.5 Å². The summed E-state index contributed by atoms with van der Waals surface area (Å²) in [6.45, 7) is 2.66. The normalized spacial score (nSPS) is 10.7. The van der Waals surface area contributed by atoms with E-state index < -0.39 is 0 Å². The van der Waals surface area contributed by atoms with Crippen LogP contribution in [0.15, 0.2) is 47.3 Å². The van der Waals surface area contributed by atoms with Crippen LogP contribution < -0.4 is 5.32 Å². The van der Waals surface area contributed by atoms with Gasteiger partial charge in [0, 0.05) is 29.9 Å². The Hall–Kier alpha value is -2.36. The van der Waals surface area contributed by atoms with Crippen molar-refractivity contribution < 1.29 is 4.42 Å². The number of hydrogen-bond donors (Lipinski definition) is 1. The van der Waals surface area contributed by atoms with Gasteiger partial charge >= 0.3 is 0 Å². The van der Waals surface area contributed by atoms with Crippen LogP contribution in [0.2, 0.25) is 0 Å². The molecule has 0 saturated heterocycles. The van der Waals surface area contributed by atoms with Gasteiger partial charge in [0.15, 0.2) is 0 Å². The minimum Gasteiger partial charge on any atom is -0.461 e. The molecule has 2 aromatic heterocycles. The third-order valence-corrected chi connectivity index (χ3v) is 2.91. The molecule has 0 fully saturated rings. The van der Waals surface area contributed by atoms with Crippen molar-refractivity contribution in [1.82, 2.24) is 9.97 Å². The first-order valence-corrected chi connectivity index (χ1v) is 5.81. The Bertz CT molecular complexity index is 661. The summed E-state index contributed by atoms with van der Waals surface area (Å²) in [6.07, 6.45) is 5.03. The molecule has 0 radical (unpaired) electrons. The molecule has 3 aromatic rings. The molecule has 0 spiro atoms. The molecule has 1 N–H and O–H groups in total. The van der Waals surface area contributed by atoms with Gasteiger partial charge in [0.05, 0.1) is 6.20 Å². The zero-order valence-corrected chi connectivity index (χ0v) is 10.1. The molecule has 0 aliphatic heterocycles. The lowest BCUT2D eigenvalue weighted by molar-refractivity contribution is 0.573. The van der Waals surface area contributed by atoms with Gasteiger partial charge < -0.3 is 9.73 Å². The quantitative estimate of drug-likeness (QED) is 0.762. The lowest BCUT2D eigenvalue weighted by Crippen LogP contribution is -2.01. The summed E-state index contributed by atoms with van der Waals surface area (Å²) in [4.78, 5) is 8.20. The number of fused-ring (bicyclic) bond motifs is 1. The summed E-state index contributed by atoms with van der Waals surface area (Å²) < 4.78 is 5.71. The van der Waals surface area contributed by atoms with Crippen LogP contribution in [0.3, 0.4) is 0 Å². The summed E-state index contributed by atoms with van der Waals surface area (Å²) in [5.41, 5.74) is 2.09. The van der Waals surface area contributed by atoms with Crippen LogP contribution in [0, 0.1) is 6.92 Å². The van der Waals surface area contributed by atoms with Crippen LogP contribution in [0.1, 0.15) is 11.3 Å². The van der Waals surface area contributed by atoms with Crippen LogP contribution in [-0.4, -0.2) is 9.97 Å². The van der Waals surface area contributed by atoms with Crippen LogP contribution in [-0.2, 0) is 6.54 Å². The number of aromatic nitrogens is 2. The highest BCUT2D eigenvalue weighted by molar-refractivity contribution is 5.82. The van der Waals surface area contributed by atoms with Gasteiger partial charge in [0.2, 0.25) is 0 Å². The van der Waals surface area contributed by atoms with Crippen molar-refractivity contribution in [2.75, 3.05) is 5.32 Å². The lowest BCUT2D eigenvalue weighted by atomic mass is 10.1. The van der Waals surface area contributed by atoms with Crippen molar-refractivity contribution in [1.29, 1.82) is 0 Å². The topological polar surface area (TPSA) is 51.0 Å². The zero-order valence-electron chi connectivity index (χ0n) is 10.1. The fraction of sp³-hybridized carbons (Fsp3) is 0.143. The molecule has 3 rings (SSSR count). The van der Waals surface area contributed by atoms with Gasteiger partial charge in [-0.25, -0.2) is 4.98 Å². The van der Waals surface area contributed by atoms with E-state index in [0.717, 1.165) is 28.1 Å². The molecule has 0 unspecified atom stereocenters. The molecular weight excluding hydrogens is 226 g/mol. The van der Waals surface area contributed by atoms with E-state index in [1.807, 2.05) is 25.1 Å². The predicted molar refractivity (Wildman–Crippen MR) is 70.3 cm³/mol. The highest BCUT2D eigenvalue weighted by Crippen LogP contribution is 2.25. The maximum atomic E-state index is 5.71. The van der Waals surface area contributed by atoms with Crippen molar-refractivity contribution in [2.24, 2.45) is 0 Å². The van der Waals surface area contributed by atoms with E-state index in [1.165, 1.54) is 0 Å². The number of benzene rings is 1. The molecule has 90 valence electrons. The molecule has 18 heavy (non-hydrogen) atoms. The van der Waals surface area contributed by atoms with E-state index >= 15 is 0 Å². The molecule has 0 bridgehead atoms. The molecule has 0 amide bonds. The van der Waals surface area contributed by atoms with Crippen molar-refractivity contribution in [3.05, 3.63) is 54.2 Å². The van der Waals surface area contributed by atoms with Crippen LogP contribution in [0.4, 0.5) is 5.82 Å². The van der Waals surface area contributed by atoms with E-state index in [-0.39, 0.29) is 0 Å². The Morgan fingerprint density at radius 2 is 2.11 bits per heavy atom. The second-order valence-corrected chi connectivity index (χ2v) is 4.08. The minimum atomic E-state index is 0.682. The predicted octanol–water partition coefficient (Wildman–Crippen LogP) is 3.14. The van der Waals surface area contributed by atoms with Crippen LogP contribution >= 0.6 is 0 Å². The fourth-order valence-corrected chi connectivity index (χ4v) is 2.01. The molecule has 0 aliphatic rings. The lowest BCUT2D eigenvalue weighted by Gasteiger charge is -2.04. The zero-order chi connectivity index (χ0) is 12.4. The first-order valence-electron chi connectivity index (χ1n) is 5.81. The average Bonchev–Trinajstić information content (AvgIpc) is 2.73. The van der Waals surface area contributed by atoms with E-state index in [1.54, 1.807) is 18.6 Å². The van der Waals surface area contributed by atoms with E-state index in [0.29, 0.717) is 6.54 Å². The third kappa shape index (κ3) is 1.93. The second kappa shape index (κ2) is 4.49. The average molecular weight is 239 g/mol. The molecule has 1 aromatic carbocycles. The number of rotatable bonds is 3. The molecule has 2 heterocycles. The number of furan rings is 1. The maximum Gasteiger partial charge on any atom is 0.144 e. The van der Waals surface area contributed by atoms with Crippen molar-refractivity contribution in [3.8, 4) is 0 Å². The number of hydrogen-bond acceptors (Lipinski definition) is 4. The first-order chi connectivity index (χ1) is 8.84. The monoisotopic (exact) mass is 239 g/mol. The molecule has 4 nitrogen and oxygen atoms in total. The largest absolute Gasteiger partial charge is 0.461 e. The fourth-order valence-electron chi connectivity index (χ4n) is 2.01. The third-order valence-electron chi connectivity index (χ3n) is 2.91. The summed E-state index contributed by atoms with van der Waals surface area (Å²) in [6, 6.07) is 8.04. The molecule has 0 saturated carbocycles. The first kappa shape index (κ1) is 10.8. The van der Waals surface area contributed by atoms with Gasteiger partial charge in [-0.05, 0) is 13.0 Å². The Morgan fingerprint density at radius 1 is 1.22 bits per heavy atom. The summed E-state index contributed by atoms with van der Waals surface area (Å²) in [5, 5.41) is 4.39. The summed E-state index contributed by atoms with van der Waals surface area (Å²) in [7, 11) is 0. The number of aryl methyl sites for hydroxylation is 1. The van der Waals surface area contributed by atoms with E-state index in [2.05, 4.69) is 21.4 Å². The smallest absolute Gasteiger partial charge is 0.144 e. The van der Waals surface area contributed by atoms with Gasteiger partial charge in [-0.3, -0.25) is 4.98 Å². The van der Waals surface area contributed by atoms with Crippen LogP contribution in [0.25, 0.3) is 11.0 Å². The van der Waals surface area contributed by atoms with Crippen molar-refractivity contribution in [3.63, 3.8) is 0 Å². The SMILES string of the molecule is Cc1oc2ccccc2c1CNc1cnccn1. The number of para-hydroxylation sites is 1. The van der Waals surface area contributed by atoms with E-state index in [4.69, 9.17) is 4.42 Å². The number of nitrogens with zero attached hydrogens (tertiary/aromatic N) is 2. The highest BCUT2D eigenvalue weighted by atomic mass is 16.3. The highest BCUT2D eigenvalue weighted by Gasteiger charge is 2.09. The Balaban J connectivity index is 1.89. The van der Waals surface area contributed by atoms with Gasteiger partial charge in [0.1, 0.15) is 17.2 Å². The van der Waals surface area contributed by atoms with Crippen molar-refractivity contribution >= 4 is 16.8 Å². The molecular formula is C14H13N3O. The molecule has 4 heteroatoms. The number of nitrogens with one attached hydrogen (secondary N) is 1. The van der Waals surface area contributed by atoms with E-state index in [9.17, 15) is 0 Å². The summed E-state index contributed by atoms with van der Waals surface area (Å²) in [5.74, 6) is 1.70. The van der Waals surface area contributed by atoms with Gasteiger partial charge in [0.25, 0.3) is 0 Å². The Kier molecular flexibility index (Phi) is 2.68. The second-order valence-electron chi connectivity index (χ2n) is 4.08. The Morgan fingerprint density at radius 3 is 2.94 bits per heavy atom. The molecule has 0 aliphatic carbocycles. The Labute approximate surface area is 105 Å². The number of anilines is 1. The van der Waals surface area contributed by atoms with Gasteiger partial charge in [-0.1, -0.05) is 18.2 Å². The van der Waals surface area contributed by atoms with Crippen LogP contribution in [0.5, 0.6) is 0 Å². The molecule has 0 atom stereocenters.